The summed E-state index contributed by atoms with van der Waals surface area (Å²) in [7, 11) is -3.44. The highest BCUT2D eigenvalue weighted by molar-refractivity contribution is 8.00. The number of carbonyl (C=O) groups excluding carboxylic acids is 1. The topological polar surface area (TPSA) is 75.7 Å². The highest BCUT2D eigenvalue weighted by Crippen LogP contribution is 2.25. The Morgan fingerprint density at radius 3 is 2.39 bits per heavy atom. The molecule has 1 saturated heterocycles. The molecule has 1 heterocycles. The molecule has 2 aromatic rings. The molecule has 2 aromatic carbocycles. The number of hydrogen-bond acceptors (Lipinski definition) is 5. The minimum Gasteiger partial charge on any atom is -0.492 e. The van der Waals surface area contributed by atoms with Gasteiger partial charge in [0.25, 0.3) is 0 Å². The van der Waals surface area contributed by atoms with E-state index in [1.165, 1.54) is 11.8 Å². The van der Waals surface area contributed by atoms with Crippen LogP contribution in [0, 0.1) is 0 Å². The maximum Gasteiger partial charge on any atom is 0.243 e. The lowest BCUT2D eigenvalue weighted by Gasteiger charge is -2.25. The summed E-state index contributed by atoms with van der Waals surface area (Å²) in [5.74, 6) is 0.488. The molecule has 6 nitrogen and oxygen atoms in total. The van der Waals surface area contributed by atoms with Crippen molar-refractivity contribution < 1.29 is 17.9 Å². The molecule has 168 valence electrons. The van der Waals surface area contributed by atoms with E-state index >= 15 is 0 Å². The van der Waals surface area contributed by atoms with E-state index in [1.54, 1.807) is 40.7 Å². The van der Waals surface area contributed by atoms with E-state index in [2.05, 4.69) is 5.32 Å². The SMILES string of the molecule is C[C@H](Sc1ccc(Cl)cc1)C(=O)NCCOc1ccc(S(=O)(=O)N2CCCCC2)cc1. The number of ether oxygens (including phenoxy) is 1. The Labute approximate surface area is 193 Å². The molecule has 1 N–H and O–H groups in total. The van der Waals surface area contributed by atoms with Crippen molar-refractivity contribution in [1.82, 2.24) is 9.62 Å². The number of amides is 1. The summed E-state index contributed by atoms with van der Waals surface area (Å²) in [6.07, 6.45) is 2.89. The van der Waals surface area contributed by atoms with Crippen LogP contribution < -0.4 is 10.1 Å². The standard InChI is InChI=1S/C22H27ClN2O4S2/c1-17(30-20-9-5-18(23)6-10-20)22(26)24-13-16-29-19-7-11-21(12-8-19)31(27,28)25-14-3-2-4-15-25/h5-12,17H,2-4,13-16H2,1H3,(H,24,26)/t17-/m0/s1. The molecule has 1 atom stereocenters. The van der Waals surface area contributed by atoms with Crippen molar-refractivity contribution >= 4 is 39.3 Å². The van der Waals surface area contributed by atoms with Crippen molar-refractivity contribution in [3.63, 3.8) is 0 Å². The molecular weight excluding hydrogens is 456 g/mol. The third-order valence-electron chi connectivity index (χ3n) is 4.94. The largest absolute Gasteiger partial charge is 0.492 e. The fourth-order valence-corrected chi connectivity index (χ4v) is 5.75. The van der Waals surface area contributed by atoms with Crippen molar-refractivity contribution in [2.45, 2.75) is 41.2 Å². The first-order valence-electron chi connectivity index (χ1n) is 10.3. The molecule has 1 amide bonds. The van der Waals surface area contributed by atoms with Gasteiger partial charge in [0.05, 0.1) is 16.7 Å². The molecule has 0 aromatic heterocycles. The average molecular weight is 483 g/mol. The number of rotatable bonds is 9. The Morgan fingerprint density at radius 2 is 1.74 bits per heavy atom. The van der Waals surface area contributed by atoms with Crippen molar-refractivity contribution in [2.75, 3.05) is 26.2 Å². The lowest BCUT2D eigenvalue weighted by atomic mass is 10.2. The van der Waals surface area contributed by atoms with Crippen LogP contribution in [0.15, 0.2) is 58.3 Å². The molecule has 0 unspecified atom stereocenters. The quantitative estimate of drug-likeness (QED) is 0.428. The predicted molar refractivity (Wildman–Crippen MR) is 124 cm³/mol. The summed E-state index contributed by atoms with van der Waals surface area (Å²) < 4.78 is 32.5. The number of halogens is 1. The van der Waals surface area contributed by atoms with Crippen molar-refractivity contribution in [3.05, 3.63) is 53.6 Å². The van der Waals surface area contributed by atoms with E-state index in [0.717, 1.165) is 24.2 Å². The maximum atomic E-state index is 12.7. The highest BCUT2D eigenvalue weighted by atomic mass is 35.5. The second-order valence-corrected chi connectivity index (χ2v) is 11.1. The fraction of sp³-hybridized carbons (Fsp3) is 0.409. The zero-order valence-corrected chi connectivity index (χ0v) is 19.8. The molecule has 3 rings (SSSR count). The summed E-state index contributed by atoms with van der Waals surface area (Å²) in [5.41, 5.74) is 0. The molecule has 1 aliphatic heterocycles. The molecule has 1 aliphatic rings. The number of sulfonamides is 1. The second kappa shape index (κ2) is 11.2. The lowest BCUT2D eigenvalue weighted by Crippen LogP contribution is -2.35. The van der Waals surface area contributed by atoms with Crippen LogP contribution in [0.3, 0.4) is 0 Å². The fourth-order valence-electron chi connectivity index (χ4n) is 3.22. The van der Waals surface area contributed by atoms with Gasteiger partial charge in [-0.15, -0.1) is 11.8 Å². The van der Waals surface area contributed by atoms with Crippen LogP contribution in [0.25, 0.3) is 0 Å². The molecule has 1 fully saturated rings. The van der Waals surface area contributed by atoms with Gasteiger partial charge in [-0.25, -0.2) is 8.42 Å². The average Bonchev–Trinajstić information content (AvgIpc) is 2.79. The minimum atomic E-state index is -3.44. The first kappa shape index (κ1) is 23.9. The van der Waals surface area contributed by atoms with E-state index in [4.69, 9.17) is 16.3 Å². The number of thioether (sulfide) groups is 1. The smallest absolute Gasteiger partial charge is 0.243 e. The Kier molecular flexibility index (Phi) is 8.66. The van der Waals surface area contributed by atoms with Crippen LogP contribution in [0.2, 0.25) is 5.02 Å². The third kappa shape index (κ3) is 6.87. The van der Waals surface area contributed by atoms with Gasteiger partial charge < -0.3 is 10.1 Å². The number of piperidine rings is 1. The van der Waals surface area contributed by atoms with Crippen LogP contribution >= 0.6 is 23.4 Å². The van der Waals surface area contributed by atoms with Gasteiger partial charge in [-0.1, -0.05) is 18.0 Å². The van der Waals surface area contributed by atoms with Gasteiger partial charge in [0.15, 0.2) is 0 Å². The van der Waals surface area contributed by atoms with E-state index in [-0.39, 0.29) is 16.1 Å². The van der Waals surface area contributed by atoms with E-state index in [9.17, 15) is 13.2 Å². The van der Waals surface area contributed by atoms with Crippen molar-refractivity contribution in [2.24, 2.45) is 0 Å². The van der Waals surface area contributed by atoms with Crippen LogP contribution in [0.4, 0.5) is 0 Å². The lowest BCUT2D eigenvalue weighted by molar-refractivity contribution is -0.120. The van der Waals surface area contributed by atoms with Crippen LogP contribution in [-0.2, 0) is 14.8 Å². The number of benzene rings is 2. The third-order valence-corrected chi connectivity index (χ3v) is 8.22. The number of carbonyl (C=O) groups is 1. The first-order valence-corrected chi connectivity index (χ1v) is 13.0. The summed E-state index contributed by atoms with van der Waals surface area (Å²) in [4.78, 5) is 13.5. The number of nitrogens with zero attached hydrogens (tertiary/aromatic N) is 1. The molecule has 9 heteroatoms. The van der Waals surface area contributed by atoms with Crippen LogP contribution in [-0.4, -0.2) is 50.1 Å². The summed E-state index contributed by atoms with van der Waals surface area (Å²) in [5, 5.41) is 3.26. The Hall–Kier alpha value is -1.74. The molecule has 0 bridgehead atoms. The summed E-state index contributed by atoms with van der Waals surface area (Å²) in [6.45, 7) is 3.65. The highest BCUT2D eigenvalue weighted by Gasteiger charge is 2.25. The Bertz CT molecular complexity index is 960. The van der Waals surface area contributed by atoms with Gasteiger partial charge >= 0.3 is 0 Å². The van der Waals surface area contributed by atoms with Crippen molar-refractivity contribution in [3.8, 4) is 5.75 Å². The first-order chi connectivity index (χ1) is 14.9. The zero-order chi connectivity index (χ0) is 22.3. The van der Waals surface area contributed by atoms with E-state index < -0.39 is 10.0 Å². The maximum absolute atomic E-state index is 12.7. The van der Waals surface area contributed by atoms with Gasteiger partial charge in [0, 0.05) is 23.0 Å². The molecule has 0 radical (unpaired) electrons. The van der Waals surface area contributed by atoms with E-state index in [0.29, 0.717) is 37.0 Å². The van der Waals surface area contributed by atoms with Gasteiger partial charge in [-0.2, -0.15) is 4.31 Å². The summed E-state index contributed by atoms with van der Waals surface area (Å²) >= 11 is 7.34. The van der Waals surface area contributed by atoms with Gasteiger partial charge in [-0.05, 0) is 68.3 Å². The van der Waals surface area contributed by atoms with Gasteiger partial charge in [-0.3, -0.25) is 4.79 Å². The van der Waals surface area contributed by atoms with Crippen LogP contribution in [0.5, 0.6) is 5.75 Å². The minimum absolute atomic E-state index is 0.0773. The molecule has 0 spiro atoms. The van der Waals surface area contributed by atoms with Crippen molar-refractivity contribution in [1.29, 1.82) is 0 Å². The monoisotopic (exact) mass is 482 g/mol. The van der Waals surface area contributed by atoms with Gasteiger partial charge in [0.1, 0.15) is 12.4 Å². The second-order valence-electron chi connectivity index (χ2n) is 7.29. The molecule has 0 saturated carbocycles. The number of nitrogens with one attached hydrogen (secondary N) is 1. The van der Waals surface area contributed by atoms with Gasteiger partial charge in [0.2, 0.25) is 15.9 Å². The Balaban J connectivity index is 1.42. The number of hydrogen-bond donors (Lipinski definition) is 1. The van der Waals surface area contributed by atoms with Crippen LogP contribution in [0.1, 0.15) is 26.2 Å². The molecule has 31 heavy (non-hydrogen) atoms. The Morgan fingerprint density at radius 1 is 1.10 bits per heavy atom. The zero-order valence-electron chi connectivity index (χ0n) is 17.4. The molecular formula is C22H27ClN2O4S2. The van der Waals surface area contributed by atoms with E-state index in [1.807, 2.05) is 19.1 Å². The predicted octanol–water partition coefficient (Wildman–Crippen LogP) is 4.19. The normalized spacial score (nSPS) is 15.9. The molecule has 0 aliphatic carbocycles. The summed E-state index contributed by atoms with van der Waals surface area (Å²) in [6, 6.07) is 13.8.